The molecule has 0 unspecified atom stereocenters. The van der Waals surface area contributed by atoms with Crippen molar-refractivity contribution in [2.45, 2.75) is 11.8 Å². The summed E-state index contributed by atoms with van der Waals surface area (Å²) in [7, 11) is 0. The molecule has 3 rings (SSSR count). The molecule has 3 aromatic rings. The third kappa shape index (κ3) is 7.76. The summed E-state index contributed by atoms with van der Waals surface area (Å²) in [5.41, 5.74) is 3.15. The summed E-state index contributed by atoms with van der Waals surface area (Å²) < 4.78 is 0. The van der Waals surface area contributed by atoms with E-state index in [2.05, 4.69) is 21.3 Å². The topological polar surface area (TPSA) is 82.3 Å². The van der Waals surface area contributed by atoms with Crippen LogP contribution >= 0.6 is 24.0 Å². The van der Waals surface area contributed by atoms with E-state index in [4.69, 9.17) is 12.2 Å². The largest absolute Gasteiger partial charge is 0.332 e. The molecule has 0 aromatic heterocycles. The number of amides is 2. The predicted molar refractivity (Wildman–Crippen MR) is 133 cm³/mol. The number of carbonyl (C=O) groups excluding carboxylic acids is 2. The molecule has 3 aromatic carbocycles. The number of nitrogens with one attached hydrogen (secondary N) is 4. The lowest BCUT2D eigenvalue weighted by molar-refractivity contribution is -0.114. The predicted octanol–water partition coefficient (Wildman–Crippen LogP) is 5.18. The Hall–Kier alpha value is -3.36. The highest BCUT2D eigenvalue weighted by molar-refractivity contribution is 8.00. The maximum Gasteiger partial charge on any atom is 0.234 e. The van der Waals surface area contributed by atoms with Crippen molar-refractivity contribution in [1.82, 2.24) is 0 Å². The number of hydrogen-bond acceptors (Lipinski definition) is 4. The molecule has 0 aliphatic rings. The van der Waals surface area contributed by atoms with Gasteiger partial charge in [0.15, 0.2) is 5.11 Å². The first-order valence-electron chi connectivity index (χ1n) is 9.51. The standard InChI is InChI=1S/C23H22N4O2S2/c1-16(28)24-18-7-9-19(10-8-18)25-22(29)15-31-21-13-11-20(12-14-21)27-23(30)26-17-5-3-2-4-6-17/h2-14H,15H2,1H3,(H,24,28)(H,25,29)(H2,26,27,30). The van der Waals surface area contributed by atoms with E-state index in [1.54, 1.807) is 24.3 Å². The summed E-state index contributed by atoms with van der Waals surface area (Å²) in [4.78, 5) is 24.2. The fourth-order valence-corrected chi connectivity index (χ4v) is 3.57. The Morgan fingerprint density at radius 3 is 1.77 bits per heavy atom. The van der Waals surface area contributed by atoms with Gasteiger partial charge in [0, 0.05) is 34.6 Å². The Labute approximate surface area is 190 Å². The lowest BCUT2D eigenvalue weighted by Gasteiger charge is -2.11. The molecule has 0 saturated carbocycles. The fourth-order valence-electron chi connectivity index (χ4n) is 2.64. The molecule has 0 aliphatic carbocycles. The van der Waals surface area contributed by atoms with E-state index in [0.717, 1.165) is 16.3 Å². The summed E-state index contributed by atoms with van der Waals surface area (Å²) in [6, 6.07) is 24.4. The molecule has 2 amide bonds. The number of para-hydroxylation sites is 1. The number of benzene rings is 3. The SMILES string of the molecule is CC(=O)Nc1ccc(NC(=O)CSc2ccc(NC(=S)Nc3ccccc3)cc2)cc1. The minimum atomic E-state index is -0.135. The van der Waals surface area contributed by atoms with Gasteiger partial charge in [-0.3, -0.25) is 9.59 Å². The lowest BCUT2D eigenvalue weighted by Crippen LogP contribution is -2.18. The van der Waals surface area contributed by atoms with E-state index < -0.39 is 0 Å². The molecule has 0 aliphatic heterocycles. The van der Waals surface area contributed by atoms with E-state index in [1.807, 2.05) is 54.6 Å². The van der Waals surface area contributed by atoms with Crippen molar-refractivity contribution in [1.29, 1.82) is 0 Å². The first-order chi connectivity index (χ1) is 15.0. The molecule has 158 valence electrons. The van der Waals surface area contributed by atoms with Crippen molar-refractivity contribution >= 4 is 63.7 Å². The summed E-state index contributed by atoms with van der Waals surface area (Å²) >= 11 is 6.77. The lowest BCUT2D eigenvalue weighted by atomic mass is 10.3. The van der Waals surface area contributed by atoms with Crippen LogP contribution in [0.1, 0.15) is 6.92 Å². The maximum absolute atomic E-state index is 12.2. The van der Waals surface area contributed by atoms with Gasteiger partial charge in [0.2, 0.25) is 11.8 Å². The van der Waals surface area contributed by atoms with Crippen LogP contribution < -0.4 is 21.3 Å². The van der Waals surface area contributed by atoms with Crippen molar-refractivity contribution in [2.75, 3.05) is 27.0 Å². The van der Waals surface area contributed by atoms with Crippen molar-refractivity contribution in [3.8, 4) is 0 Å². The summed E-state index contributed by atoms with van der Waals surface area (Å²) in [6.45, 7) is 1.45. The first-order valence-corrected chi connectivity index (χ1v) is 10.9. The van der Waals surface area contributed by atoms with E-state index in [9.17, 15) is 9.59 Å². The van der Waals surface area contributed by atoms with Crippen LogP contribution in [0.5, 0.6) is 0 Å². The summed E-state index contributed by atoms with van der Waals surface area (Å²) in [5.74, 6) is 0.0465. The Kier molecular flexibility index (Phi) is 8.03. The molecule has 6 nitrogen and oxygen atoms in total. The van der Waals surface area contributed by atoms with Crippen LogP contribution in [0.3, 0.4) is 0 Å². The normalized spacial score (nSPS) is 10.1. The van der Waals surface area contributed by atoms with Crippen LogP contribution in [0.15, 0.2) is 83.8 Å². The van der Waals surface area contributed by atoms with Gasteiger partial charge >= 0.3 is 0 Å². The van der Waals surface area contributed by atoms with Gasteiger partial charge in [0.25, 0.3) is 0 Å². The van der Waals surface area contributed by atoms with Crippen LogP contribution in [0.25, 0.3) is 0 Å². The quantitative estimate of drug-likeness (QED) is 0.293. The summed E-state index contributed by atoms with van der Waals surface area (Å²) in [5, 5.41) is 12.3. The average molecular weight is 451 g/mol. The highest BCUT2D eigenvalue weighted by Crippen LogP contribution is 2.21. The molecule has 0 radical (unpaired) electrons. The van der Waals surface area contributed by atoms with Gasteiger partial charge in [-0.15, -0.1) is 11.8 Å². The van der Waals surface area contributed by atoms with E-state index >= 15 is 0 Å². The van der Waals surface area contributed by atoms with Crippen LogP contribution in [-0.4, -0.2) is 22.7 Å². The van der Waals surface area contributed by atoms with Crippen LogP contribution in [0.2, 0.25) is 0 Å². The molecular weight excluding hydrogens is 428 g/mol. The summed E-state index contributed by atoms with van der Waals surface area (Å²) in [6.07, 6.45) is 0. The number of anilines is 4. The maximum atomic E-state index is 12.2. The molecule has 0 saturated heterocycles. The molecule has 0 heterocycles. The number of thiocarbonyl (C=S) groups is 1. The fraction of sp³-hybridized carbons (Fsp3) is 0.0870. The Morgan fingerprint density at radius 1 is 0.710 bits per heavy atom. The van der Waals surface area contributed by atoms with E-state index in [0.29, 0.717) is 16.5 Å². The van der Waals surface area contributed by atoms with Gasteiger partial charge in [-0.1, -0.05) is 18.2 Å². The second-order valence-corrected chi connectivity index (χ2v) is 8.02. The molecule has 0 spiro atoms. The van der Waals surface area contributed by atoms with Gasteiger partial charge in [0.1, 0.15) is 0 Å². The van der Waals surface area contributed by atoms with Crippen molar-refractivity contribution < 1.29 is 9.59 Å². The van der Waals surface area contributed by atoms with Gasteiger partial charge in [-0.05, 0) is 72.9 Å². The van der Waals surface area contributed by atoms with E-state index in [-0.39, 0.29) is 17.6 Å². The van der Waals surface area contributed by atoms with Crippen molar-refractivity contribution in [3.05, 3.63) is 78.9 Å². The average Bonchev–Trinajstić information content (AvgIpc) is 2.75. The highest BCUT2D eigenvalue weighted by atomic mass is 32.2. The van der Waals surface area contributed by atoms with Crippen LogP contribution in [0.4, 0.5) is 22.7 Å². The zero-order valence-electron chi connectivity index (χ0n) is 16.8. The van der Waals surface area contributed by atoms with Gasteiger partial charge < -0.3 is 21.3 Å². The minimum absolute atomic E-state index is 0.104. The van der Waals surface area contributed by atoms with Crippen molar-refractivity contribution in [2.24, 2.45) is 0 Å². The second kappa shape index (κ2) is 11.1. The number of rotatable bonds is 7. The third-order valence-corrected chi connectivity index (χ3v) is 5.22. The number of thioether (sulfide) groups is 1. The van der Waals surface area contributed by atoms with Gasteiger partial charge in [-0.2, -0.15) is 0 Å². The molecule has 0 bridgehead atoms. The zero-order valence-corrected chi connectivity index (χ0v) is 18.5. The second-order valence-electron chi connectivity index (χ2n) is 6.56. The van der Waals surface area contributed by atoms with E-state index in [1.165, 1.54) is 18.7 Å². The van der Waals surface area contributed by atoms with Crippen molar-refractivity contribution in [3.63, 3.8) is 0 Å². The third-order valence-electron chi connectivity index (χ3n) is 4.00. The molecule has 0 fully saturated rings. The minimum Gasteiger partial charge on any atom is -0.332 e. The zero-order chi connectivity index (χ0) is 22.1. The molecule has 4 N–H and O–H groups in total. The molecule has 31 heavy (non-hydrogen) atoms. The highest BCUT2D eigenvalue weighted by Gasteiger charge is 2.05. The number of hydrogen-bond donors (Lipinski definition) is 4. The van der Waals surface area contributed by atoms with Gasteiger partial charge in [0.05, 0.1) is 5.75 Å². The van der Waals surface area contributed by atoms with Crippen LogP contribution in [-0.2, 0) is 9.59 Å². The molecular formula is C23H22N4O2S2. The first kappa shape index (κ1) is 22.3. The Morgan fingerprint density at radius 2 is 1.19 bits per heavy atom. The smallest absolute Gasteiger partial charge is 0.234 e. The molecule has 8 heteroatoms. The number of carbonyl (C=O) groups is 2. The van der Waals surface area contributed by atoms with Crippen LogP contribution in [0, 0.1) is 0 Å². The molecule has 0 atom stereocenters. The van der Waals surface area contributed by atoms with Gasteiger partial charge in [-0.25, -0.2) is 0 Å². The Balaban J connectivity index is 1.43. The Bertz CT molecular complexity index is 1040. The monoisotopic (exact) mass is 450 g/mol.